The molecule has 4 rings (SSSR count). The molecule has 1 aliphatic heterocycles. The van der Waals surface area contributed by atoms with E-state index in [0.717, 1.165) is 17.7 Å². The maximum Gasteiger partial charge on any atom is 0.249 e. The Labute approximate surface area is 401 Å². The number of nitrogens with two attached hydrogens (primary N) is 3. The van der Waals surface area contributed by atoms with Crippen LogP contribution < -0.4 is 52.7 Å². The topological polar surface area (TPSA) is 291 Å². The van der Waals surface area contributed by atoms with Gasteiger partial charge >= 0.3 is 0 Å². The SMILES string of the molecule is C=N/C(=N\C(C)=C(/C)C(=O)N[C@@H](CCN)C(=O)N(C)[C@@H]1C(=O)N[C@@H](C)C(=O)N[C@H](C(=O)NCC#N)Cc2ccc(OCCN)c(c2)-c2cc1ccc2OCCN)c1ccc(OCCCC)c(Cl)c1. The van der Waals surface area contributed by atoms with Crippen molar-refractivity contribution in [2.75, 3.05) is 53.0 Å². The fourth-order valence-corrected chi connectivity index (χ4v) is 7.31. The Kier molecular flexibility index (Phi) is 20.9. The van der Waals surface area contributed by atoms with E-state index in [9.17, 15) is 24.0 Å². The summed E-state index contributed by atoms with van der Waals surface area (Å²) in [6.45, 7) is 11.1. The molecule has 5 amide bonds. The average molecular weight is 957 g/mol. The van der Waals surface area contributed by atoms with Gasteiger partial charge in [0, 0.05) is 54.5 Å². The maximum atomic E-state index is 14.7. The monoisotopic (exact) mass is 955 g/mol. The van der Waals surface area contributed by atoms with E-state index < -0.39 is 53.7 Å². The number of rotatable bonds is 20. The first kappa shape index (κ1) is 53.8. The van der Waals surface area contributed by atoms with Crippen molar-refractivity contribution in [2.24, 2.45) is 27.2 Å². The van der Waals surface area contributed by atoms with Gasteiger partial charge in [-0.05, 0) is 100 Å². The number of carbonyl (C=O) groups is 5. The zero-order valence-corrected chi connectivity index (χ0v) is 39.9. The van der Waals surface area contributed by atoms with Crippen molar-refractivity contribution in [3.8, 4) is 34.4 Å². The second kappa shape index (κ2) is 26.5. The van der Waals surface area contributed by atoms with Gasteiger partial charge in [-0.2, -0.15) is 5.26 Å². The summed E-state index contributed by atoms with van der Waals surface area (Å²) in [6.07, 6.45) is 1.80. The summed E-state index contributed by atoms with van der Waals surface area (Å²) >= 11 is 6.50. The Balaban J connectivity index is 1.79. The van der Waals surface area contributed by atoms with E-state index in [2.05, 4.69) is 44.9 Å². The van der Waals surface area contributed by atoms with Crippen LogP contribution in [0.1, 0.15) is 69.7 Å². The second-order valence-corrected chi connectivity index (χ2v) is 16.2. The van der Waals surface area contributed by atoms with Crippen LogP contribution in [0.5, 0.6) is 17.2 Å². The number of hydrogen-bond acceptors (Lipinski definition) is 13. The quantitative estimate of drug-likeness (QED) is 0.0283. The largest absolute Gasteiger partial charge is 0.492 e. The van der Waals surface area contributed by atoms with Gasteiger partial charge in [-0.25, -0.2) is 9.98 Å². The van der Waals surface area contributed by atoms with Crippen molar-refractivity contribution in [3.05, 3.63) is 87.6 Å². The second-order valence-electron chi connectivity index (χ2n) is 15.8. The van der Waals surface area contributed by atoms with Crippen LogP contribution in [0, 0.1) is 11.3 Å². The molecule has 1 aliphatic rings. The third kappa shape index (κ3) is 14.3. The highest BCUT2D eigenvalue weighted by Gasteiger charge is 2.36. The molecule has 20 heteroatoms. The van der Waals surface area contributed by atoms with E-state index >= 15 is 0 Å². The van der Waals surface area contributed by atoms with Crippen LogP contribution in [0.2, 0.25) is 5.02 Å². The average Bonchev–Trinajstić information content (AvgIpc) is 3.33. The summed E-state index contributed by atoms with van der Waals surface area (Å²) in [6, 6.07) is 12.0. The number of nitrogens with one attached hydrogen (secondary N) is 4. The van der Waals surface area contributed by atoms with Gasteiger partial charge in [0.2, 0.25) is 29.5 Å². The highest BCUT2D eigenvalue weighted by Crippen LogP contribution is 2.40. The van der Waals surface area contributed by atoms with E-state index in [-0.39, 0.29) is 69.3 Å². The van der Waals surface area contributed by atoms with Crippen molar-refractivity contribution in [1.82, 2.24) is 26.2 Å². The molecule has 0 fully saturated rings. The Bertz CT molecular complexity index is 2420. The minimum atomic E-state index is -1.43. The van der Waals surface area contributed by atoms with Gasteiger partial charge in [-0.15, -0.1) is 0 Å². The Morgan fingerprint density at radius 2 is 1.57 bits per heavy atom. The lowest BCUT2D eigenvalue weighted by atomic mass is 9.93. The summed E-state index contributed by atoms with van der Waals surface area (Å²) in [7, 11) is 1.39. The molecule has 68 heavy (non-hydrogen) atoms. The molecule has 0 saturated carbocycles. The highest BCUT2D eigenvalue weighted by atomic mass is 35.5. The number of unbranched alkanes of at least 4 members (excludes halogenated alkanes) is 1. The summed E-state index contributed by atoms with van der Waals surface area (Å²) in [5, 5.41) is 20.2. The molecule has 4 atom stereocenters. The molecular formula is C48H62ClN11O8. The number of fused-ring (bicyclic) bond motifs is 5. The molecule has 0 aromatic heterocycles. The first-order valence-electron chi connectivity index (χ1n) is 22.2. The van der Waals surface area contributed by atoms with Crippen LogP contribution >= 0.6 is 11.6 Å². The molecule has 4 bridgehead atoms. The fraction of sp³-hybridized carbons (Fsp3) is 0.417. The summed E-state index contributed by atoms with van der Waals surface area (Å²) in [5.74, 6) is -2.01. The van der Waals surface area contributed by atoms with Crippen molar-refractivity contribution in [1.29, 1.82) is 5.26 Å². The van der Waals surface area contributed by atoms with Gasteiger partial charge in [0.1, 0.15) is 61.2 Å². The lowest BCUT2D eigenvalue weighted by Crippen LogP contribution is -2.56. The molecule has 0 unspecified atom stereocenters. The zero-order chi connectivity index (χ0) is 49.9. The Hall–Kier alpha value is -6.85. The Morgan fingerprint density at radius 1 is 0.926 bits per heavy atom. The molecule has 3 aromatic carbocycles. The van der Waals surface area contributed by atoms with Gasteiger partial charge in [-0.3, -0.25) is 24.0 Å². The van der Waals surface area contributed by atoms with Crippen molar-refractivity contribution < 1.29 is 38.2 Å². The molecule has 0 spiro atoms. The van der Waals surface area contributed by atoms with Gasteiger partial charge < -0.3 is 57.6 Å². The fourth-order valence-electron chi connectivity index (χ4n) is 7.08. The molecule has 0 saturated heterocycles. The van der Waals surface area contributed by atoms with E-state index in [1.54, 1.807) is 61.5 Å². The van der Waals surface area contributed by atoms with Crippen molar-refractivity contribution in [3.63, 3.8) is 0 Å². The first-order valence-corrected chi connectivity index (χ1v) is 22.6. The van der Waals surface area contributed by atoms with Crippen LogP contribution in [-0.4, -0.2) is 118 Å². The number of amidine groups is 1. The number of carbonyl (C=O) groups excluding carboxylic acids is 5. The number of likely N-dealkylation sites (N-methyl/N-ethyl adjacent to an activating group) is 1. The van der Waals surface area contributed by atoms with Crippen molar-refractivity contribution >= 4 is 53.7 Å². The van der Waals surface area contributed by atoms with E-state index in [1.807, 2.05) is 6.07 Å². The molecule has 0 radical (unpaired) electrons. The smallest absolute Gasteiger partial charge is 0.249 e. The highest BCUT2D eigenvalue weighted by molar-refractivity contribution is 6.32. The molecule has 0 aliphatic carbocycles. The van der Waals surface area contributed by atoms with Crippen LogP contribution in [0.4, 0.5) is 0 Å². The minimum absolute atomic E-state index is 0.00870. The van der Waals surface area contributed by atoms with E-state index in [1.165, 1.54) is 20.9 Å². The number of hydrogen-bond donors (Lipinski definition) is 7. The third-order valence-corrected chi connectivity index (χ3v) is 11.2. The van der Waals surface area contributed by atoms with Crippen LogP contribution in [0.15, 0.2) is 75.9 Å². The third-order valence-electron chi connectivity index (χ3n) is 10.9. The number of aliphatic imine (C=N–C) groups is 2. The number of ether oxygens (including phenoxy) is 3. The predicted molar refractivity (Wildman–Crippen MR) is 260 cm³/mol. The number of nitriles is 1. The van der Waals surface area contributed by atoms with Crippen LogP contribution in [0.3, 0.4) is 0 Å². The van der Waals surface area contributed by atoms with Gasteiger partial charge in [-0.1, -0.05) is 37.1 Å². The summed E-state index contributed by atoms with van der Waals surface area (Å²) in [5.41, 5.74) is 20.4. The lowest BCUT2D eigenvalue weighted by Gasteiger charge is -2.32. The molecule has 3 aromatic rings. The van der Waals surface area contributed by atoms with Gasteiger partial charge in [0.15, 0.2) is 5.84 Å². The summed E-state index contributed by atoms with van der Waals surface area (Å²) in [4.78, 5) is 80.0. The van der Waals surface area contributed by atoms with Crippen LogP contribution in [0.25, 0.3) is 11.1 Å². The van der Waals surface area contributed by atoms with E-state index in [0.29, 0.717) is 56.7 Å². The standard InChI is InChI=1S/C48H62ClN11O8/c1-7-8-21-66-41-14-11-33(27-36(41)49)43(54-5)56-29(3)28(2)44(61)58-37(15-16-50)48(65)60(6)42-32-10-13-40(68-23-19-53)35(26-32)34-24-31(9-12-39(34)67-22-18-52)25-38(46(63)55-20-17-51)59-45(62)30(4)57-47(42)64/h9-14,24,26-27,30,37-38,42H,5,7-8,15-16,18-23,25,50,52-53H2,1-4,6H3,(H,55,63)(H,57,64)(H,58,61)(H,59,62)/b29-28+,56-43-/t30-,37-,38-,42-/m0/s1. The number of benzene rings is 3. The van der Waals surface area contributed by atoms with Gasteiger partial charge in [0.25, 0.3) is 0 Å². The lowest BCUT2D eigenvalue weighted by molar-refractivity contribution is -0.142. The number of halogens is 1. The first-order chi connectivity index (χ1) is 32.6. The maximum absolute atomic E-state index is 14.7. The molecule has 364 valence electrons. The zero-order valence-electron chi connectivity index (χ0n) is 39.2. The molecular weight excluding hydrogens is 894 g/mol. The van der Waals surface area contributed by atoms with Crippen LogP contribution in [-0.2, 0) is 30.4 Å². The molecule has 19 nitrogen and oxygen atoms in total. The van der Waals surface area contributed by atoms with E-state index in [4.69, 9.17) is 48.3 Å². The normalized spacial score (nSPS) is 16.9. The number of nitrogens with zero attached hydrogens (tertiary/aromatic N) is 4. The summed E-state index contributed by atoms with van der Waals surface area (Å²) < 4.78 is 17.9. The number of allylic oxidation sites excluding steroid dienone is 1. The molecule has 10 N–H and O–H groups in total. The Morgan fingerprint density at radius 3 is 2.19 bits per heavy atom. The van der Waals surface area contributed by atoms with Gasteiger partial charge in [0.05, 0.1) is 17.7 Å². The number of amides is 5. The minimum Gasteiger partial charge on any atom is -0.492 e. The predicted octanol–water partition coefficient (Wildman–Crippen LogP) is 2.82. The van der Waals surface area contributed by atoms with Crippen molar-refractivity contribution in [2.45, 2.75) is 77.5 Å². The molecule has 1 heterocycles.